The Hall–Kier alpha value is -3.13. The number of amidine groups is 1. The average molecular weight is 337 g/mol. The summed E-state index contributed by atoms with van der Waals surface area (Å²) in [5.41, 5.74) is 4.06. The highest BCUT2D eigenvalue weighted by Crippen LogP contribution is 2.18. The van der Waals surface area contributed by atoms with Gasteiger partial charge in [-0.1, -0.05) is 32.8 Å². The van der Waals surface area contributed by atoms with Gasteiger partial charge >= 0.3 is 0 Å². The fourth-order valence-electron chi connectivity index (χ4n) is 1.96. The van der Waals surface area contributed by atoms with Crippen molar-refractivity contribution in [2.75, 3.05) is 10.7 Å². The van der Waals surface area contributed by atoms with Crippen LogP contribution in [0.1, 0.15) is 26.3 Å². The summed E-state index contributed by atoms with van der Waals surface area (Å²) in [6.07, 6.45) is 5.32. The molecule has 0 heterocycles. The number of benzene rings is 2. The number of Topliss-reactive ketones (excluding diaryl/α,β-unsaturated/α-hetero) is 1. The Morgan fingerprint density at radius 1 is 1.12 bits per heavy atom. The lowest BCUT2D eigenvalue weighted by Gasteiger charge is -2.19. The summed E-state index contributed by atoms with van der Waals surface area (Å²) in [6, 6.07) is 12.9. The van der Waals surface area contributed by atoms with E-state index in [1.165, 1.54) is 12.1 Å². The summed E-state index contributed by atoms with van der Waals surface area (Å²) in [4.78, 5) is 12.6. The molecule has 25 heavy (non-hydrogen) atoms. The third-order valence-corrected chi connectivity index (χ3v) is 3.33. The van der Waals surface area contributed by atoms with Gasteiger partial charge in [0.1, 0.15) is 5.82 Å². The molecule has 0 atom stereocenters. The number of rotatable bonds is 4. The molecule has 4 nitrogen and oxygen atoms in total. The molecule has 2 rings (SSSR count). The maximum Gasteiger partial charge on any atom is 0.205 e. The highest BCUT2D eigenvalue weighted by Gasteiger charge is 2.27. The Balaban J connectivity index is 2.26. The molecular formula is C20H20FN3O. The standard InChI is InChI=1S/C20H20FN3O/c1-5-14-9-11-16(12-10-14)23-24-19(18(25)20(2,3)4)22-17-8-6-7-15(21)13-17/h1,6-13,23H,2-4H3,(H,22,24). The van der Waals surface area contributed by atoms with Crippen LogP contribution in [0, 0.1) is 23.6 Å². The largest absolute Gasteiger partial charge is 0.336 e. The predicted molar refractivity (Wildman–Crippen MR) is 99.9 cm³/mol. The summed E-state index contributed by atoms with van der Waals surface area (Å²) in [7, 11) is 0. The molecule has 0 radical (unpaired) electrons. The zero-order valence-electron chi connectivity index (χ0n) is 14.4. The van der Waals surface area contributed by atoms with Crippen LogP contribution < -0.4 is 10.7 Å². The molecule has 2 aromatic rings. The third-order valence-electron chi connectivity index (χ3n) is 3.33. The summed E-state index contributed by atoms with van der Waals surface area (Å²) in [5, 5.41) is 7.06. The van der Waals surface area contributed by atoms with Gasteiger partial charge in [0.05, 0.1) is 5.69 Å². The van der Waals surface area contributed by atoms with Crippen LogP contribution in [0.5, 0.6) is 0 Å². The van der Waals surface area contributed by atoms with E-state index >= 15 is 0 Å². The van der Waals surface area contributed by atoms with Crippen LogP contribution in [-0.2, 0) is 4.79 Å². The summed E-state index contributed by atoms with van der Waals surface area (Å²) in [6.45, 7) is 5.37. The van der Waals surface area contributed by atoms with Crippen molar-refractivity contribution in [1.82, 2.24) is 0 Å². The van der Waals surface area contributed by atoms with E-state index < -0.39 is 11.2 Å². The van der Waals surface area contributed by atoms with Gasteiger partial charge in [0.2, 0.25) is 5.78 Å². The highest BCUT2D eigenvalue weighted by atomic mass is 19.1. The molecule has 0 aliphatic heterocycles. The highest BCUT2D eigenvalue weighted by molar-refractivity contribution is 6.44. The Morgan fingerprint density at radius 3 is 2.36 bits per heavy atom. The molecule has 0 aliphatic rings. The number of nitrogens with one attached hydrogen (secondary N) is 2. The number of carbonyl (C=O) groups excluding carboxylic acids is 1. The zero-order chi connectivity index (χ0) is 18.4. The van der Waals surface area contributed by atoms with E-state index in [-0.39, 0.29) is 11.6 Å². The van der Waals surface area contributed by atoms with Crippen molar-refractivity contribution in [3.8, 4) is 12.3 Å². The topological polar surface area (TPSA) is 53.5 Å². The van der Waals surface area contributed by atoms with Crippen LogP contribution in [0.2, 0.25) is 0 Å². The van der Waals surface area contributed by atoms with Crippen LogP contribution in [-0.4, -0.2) is 11.6 Å². The quantitative estimate of drug-likeness (QED) is 0.379. The van der Waals surface area contributed by atoms with Gasteiger partial charge in [-0.15, -0.1) is 6.42 Å². The molecule has 0 saturated carbocycles. The van der Waals surface area contributed by atoms with E-state index in [9.17, 15) is 9.18 Å². The summed E-state index contributed by atoms with van der Waals surface area (Å²) < 4.78 is 13.4. The van der Waals surface area contributed by atoms with Crippen LogP contribution in [0.4, 0.5) is 15.8 Å². The average Bonchev–Trinajstić information content (AvgIpc) is 2.57. The number of hydrogen-bond donors (Lipinski definition) is 2. The van der Waals surface area contributed by atoms with E-state index in [0.29, 0.717) is 11.4 Å². The SMILES string of the molecule is C#Cc1ccc(N/N=C(/Nc2cccc(F)c2)C(=O)C(C)(C)C)cc1. The van der Waals surface area contributed by atoms with Gasteiger partial charge in [0, 0.05) is 16.7 Å². The smallest absolute Gasteiger partial charge is 0.205 e. The molecule has 0 fully saturated rings. The molecule has 0 saturated heterocycles. The third kappa shape index (κ3) is 5.18. The van der Waals surface area contributed by atoms with Crippen molar-refractivity contribution < 1.29 is 9.18 Å². The Kier molecular flexibility index (Phi) is 5.56. The van der Waals surface area contributed by atoms with Gasteiger partial charge in [-0.2, -0.15) is 5.10 Å². The second-order valence-corrected chi connectivity index (χ2v) is 6.51. The van der Waals surface area contributed by atoms with Crippen LogP contribution >= 0.6 is 0 Å². The Labute approximate surface area is 147 Å². The molecule has 2 N–H and O–H groups in total. The second-order valence-electron chi connectivity index (χ2n) is 6.51. The first-order valence-corrected chi connectivity index (χ1v) is 7.77. The fraction of sp³-hybridized carbons (Fsp3) is 0.200. The van der Waals surface area contributed by atoms with Crippen molar-refractivity contribution in [3.63, 3.8) is 0 Å². The Morgan fingerprint density at radius 2 is 1.80 bits per heavy atom. The van der Waals surface area contributed by atoms with Gasteiger partial charge in [0.25, 0.3) is 0 Å². The van der Waals surface area contributed by atoms with Gasteiger partial charge in [-0.25, -0.2) is 4.39 Å². The molecular weight excluding hydrogens is 317 g/mol. The predicted octanol–water partition coefficient (Wildman–Crippen LogP) is 4.26. The lowest BCUT2D eigenvalue weighted by Crippen LogP contribution is -2.34. The first-order valence-electron chi connectivity index (χ1n) is 7.77. The molecule has 0 aliphatic carbocycles. The maximum absolute atomic E-state index is 13.4. The number of hydrogen-bond acceptors (Lipinski definition) is 3. The summed E-state index contributed by atoms with van der Waals surface area (Å²) in [5.74, 6) is 2.02. The maximum atomic E-state index is 13.4. The number of ketones is 1. The van der Waals surface area contributed by atoms with Gasteiger partial charge in [-0.05, 0) is 42.5 Å². The molecule has 0 spiro atoms. The number of hydrazone groups is 1. The molecule has 2 aromatic carbocycles. The van der Waals surface area contributed by atoms with Crippen molar-refractivity contribution in [3.05, 3.63) is 59.9 Å². The molecule has 0 aromatic heterocycles. The number of halogens is 1. The fourth-order valence-corrected chi connectivity index (χ4v) is 1.96. The van der Waals surface area contributed by atoms with Crippen molar-refractivity contribution in [1.29, 1.82) is 0 Å². The lowest BCUT2D eigenvalue weighted by atomic mass is 9.90. The number of anilines is 2. The number of nitrogens with zero attached hydrogens (tertiary/aromatic N) is 1. The van der Waals surface area contributed by atoms with Crippen molar-refractivity contribution in [2.45, 2.75) is 20.8 Å². The molecule has 0 amide bonds. The summed E-state index contributed by atoms with van der Waals surface area (Å²) >= 11 is 0. The molecule has 128 valence electrons. The second kappa shape index (κ2) is 7.63. The van der Waals surface area contributed by atoms with Crippen molar-refractivity contribution >= 4 is 23.0 Å². The minimum Gasteiger partial charge on any atom is -0.336 e. The van der Waals surface area contributed by atoms with Crippen LogP contribution in [0.15, 0.2) is 53.6 Å². The van der Waals surface area contributed by atoms with E-state index in [1.54, 1.807) is 57.2 Å². The lowest BCUT2D eigenvalue weighted by molar-refractivity contribution is -0.119. The van der Waals surface area contributed by atoms with E-state index in [0.717, 1.165) is 5.56 Å². The van der Waals surface area contributed by atoms with Gasteiger partial charge in [0.15, 0.2) is 5.84 Å². The molecule has 0 unspecified atom stereocenters. The zero-order valence-corrected chi connectivity index (χ0v) is 14.4. The van der Waals surface area contributed by atoms with Gasteiger partial charge in [-0.3, -0.25) is 10.2 Å². The normalized spacial score (nSPS) is 11.6. The first-order chi connectivity index (χ1) is 11.8. The van der Waals surface area contributed by atoms with Crippen LogP contribution in [0.3, 0.4) is 0 Å². The van der Waals surface area contributed by atoms with E-state index in [1.807, 2.05) is 0 Å². The minimum atomic E-state index is -0.645. The Bertz CT molecular complexity index is 827. The number of terminal acetylenes is 1. The van der Waals surface area contributed by atoms with E-state index in [2.05, 4.69) is 21.8 Å². The molecule has 5 heteroatoms. The van der Waals surface area contributed by atoms with E-state index in [4.69, 9.17) is 6.42 Å². The monoisotopic (exact) mass is 337 g/mol. The van der Waals surface area contributed by atoms with Gasteiger partial charge < -0.3 is 5.32 Å². The number of carbonyl (C=O) groups is 1. The molecule has 0 bridgehead atoms. The van der Waals surface area contributed by atoms with Crippen LogP contribution in [0.25, 0.3) is 0 Å². The van der Waals surface area contributed by atoms with Crippen molar-refractivity contribution in [2.24, 2.45) is 10.5 Å². The minimum absolute atomic E-state index is 0.0964. The first kappa shape index (κ1) is 18.2.